The van der Waals surface area contributed by atoms with Crippen molar-refractivity contribution in [3.8, 4) is 9.88 Å². The molecular weight excluding hydrogens is 304 g/mol. The SMILES string of the molecule is CC1(O)CCCN(C(=O)Cc2csc(-c3cccs3)n2)C1. The highest BCUT2D eigenvalue weighted by Gasteiger charge is 2.30. The van der Waals surface area contributed by atoms with Crippen molar-refractivity contribution in [1.82, 2.24) is 9.88 Å². The lowest BCUT2D eigenvalue weighted by atomic mass is 9.95. The van der Waals surface area contributed by atoms with Crippen LogP contribution in [0.2, 0.25) is 0 Å². The van der Waals surface area contributed by atoms with E-state index in [0.29, 0.717) is 13.0 Å². The first-order valence-corrected chi connectivity index (χ1v) is 8.78. The maximum atomic E-state index is 12.3. The van der Waals surface area contributed by atoms with Gasteiger partial charge in [-0.25, -0.2) is 4.98 Å². The molecule has 21 heavy (non-hydrogen) atoms. The lowest BCUT2D eigenvalue weighted by Gasteiger charge is -2.36. The van der Waals surface area contributed by atoms with Crippen LogP contribution in [0.5, 0.6) is 0 Å². The molecular formula is C15H18N2O2S2. The van der Waals surface area contributed by atoms with Gasteiger partial charge in [0.2, 0.25) is 5.91 Å². The van der Waals surface area contributed by atoms with Crippen LogP contribution in [0.15, 0.2) is 22.9 Å². The average molecular weight is 322 g/mol. The first kappa shape index (κ1) is 14.7. The van der Waals surface area contributed by atoms with Crippen molar-refractivity contribution in [1.29, 1.82) is 0 Å². The Morgan fingerprint density at radius 3 is 3.10 bits per heavy atom. The molecule has 2 aromatic rings. The summed E-state index contributed by atoms with van der Waals surface area (Å²) >= 11 is 3.23. The smallest absolute Gasteiger partial charge is 0.228 e. The number of aromatic nitrogens is 1. The standard InChI is InChI=1S/C15H18N2O2S2/c1-15(19)5-3-6-17(10-15)13(18)8-11-9-21-14(16-11)12-4-2-7-20-12/h2,4,7,9,19H,3,5-6,8,10H2,1H3. The van der Waals surface area contributed by atoms with Crippen LogP contribution in [0.4, 0.5) is 0 Å². The van der Waals surface area contributed by atoms with E-state index in [1.54, 1.807) is 34.5 Å². The third-order valence-electron chi connectivity index (χ3n) is 3.64. The van der Waals surface area contributed by atoms with Gasteiger partial charge in [0.1, 0.15) is 5.01 Å². The van der Waals surface area contributed by atoms with Gasteiger partial charge < -0.3 is 10.0 Å². The molecule has 4 nitrogen and oxygen atoms in total. The van der Waals surface area contributed by atoms with Gasteiger partial charge in [-0.15, -0.1) is 22.7 Å². The number of hydrogen-bond donors (Lipinski definition) is 1. The fourth-order valence-electron chi connectivity index (χ4n) is 2.60. The zero-order valence-electron chi connectivity index (χ0n) is 11.9. The van der Waals surface area contributed by atoms with E-state index in [1.165, 1.54) is 0 Å². The number of carbonyl (C=O) groups excluding carboxylic acids is 1. The number of thiophene rings is 1. The highest BCUT2D eigenvalue weighted by molar-refractivity contribution is 7.20. The monoisotopic (exact) mass is 322 g/mol. The van der Waals surface area contributed by atoms with Crippen molar-refractivity contribution in [2.45, 2.75) is 31.8 Å². The van der Waals surface area contributed by atoms with Gasteiger partial charge in [0, 0.05) is 18.5 Å². The van der Waals surface area contributed by atoms with Gasteiger partial charge >= 0.3 is 0 Å². The van der Waals surface area contributed by atoms with Crippen molar-refractivity contribution >= 4 is 28.6 Å². The summed E-state index contributed by atoms with van der Waals surface area (Å²) in [5.41, 5.74) is 0.0663. The van der Waals surface area contributed by atoms with E-state index in [9.17, 15) is 9.90 Å². The van der Waals surface area contributed by atoms with Gasteiger partial charge in [0.15, 0.2) is 0 Å². The number of nitrogens with zero attached hydrogens (tertiary/aromatic N) is 2. The molecule has 3 heterocycles. The molecule has 1 saturated heterocycles. The zero-order chi connectivity index (χ0) is 14.9. The predicted molar refractivity (Wildman–Crippen MR) is 85.6 cm³/mol. The molecule has 1 amide bonds. The molecule has 0 bridgehead atoms. The first-order valence-electron chi connectivity index (χ1n) is 7.02. The van der Waals surface area contributed by atoms with E-state index in [2.05, 4.69) is 4.98 Å². The second-order valence-electron chi connectivity index (χ2n) is 5.71. The molecule has 3 rings (SSSR count). The summed E-state index contributed by atoms with van der Waals surface area (Å²) in [5.74, 6) is 0.0537. The molecule has 1 fully saturated rings. The summed E-state index contributed by atoms with van der Waals surface area (Å²) < 4.78 is 0. The number of rotatable bonds is 3. The van der Waals surface area contributed by atoms with E-state index in [-0.39, 0.29) is 5.91 Å². The Bertz CT molecular complexity index is 619. The van der Waals surface area contributed by atoms with E-state index < -0.39 is 5.60 Å². The van der Waals surface area contributed by atoms with Gasteiger partial charge in [0.25, 0.3) is 0 Å². The van der Waals surface area contributed by atoms with Crippen molar-refractivity contribution in [3.05, 3.63) is 28.6 Å². The second-order valence-corrected chi connectivity index (χ2v) is 7.52. The van der Waals surface area contributed by atoms with Gasteiger partial charge in [-0.1, -0.05) is 6.07 Å². The fraction of sp³-hybridized carbons (Fsp3) is 0.467. The largest absolute Gasteiger partial charge is 0.388 e. The molecule has 0 aliphatic carbocycles. The number of hydrogen-bond acceptors (Lipinski definition) is 5. The minimum absolute atomic E-state index is 0.0537. The van der Waals surface area contributed by atoms with Crippen molar-refractivity contribution in [2.24, 2.45) is 0 Å². The van der Waals surface area contributed by atoms with Crippen LogP contribution >= 0.6 is 22.7 Å². The van der Waals surface area contributed by atoms with Gasteiger partial charge in [-0.3, -0.25) is 4.79 Å². The minimum Gasteiger partial charge on any atom is -0.388 e. The van der Waals surface area contributed by atoms with Crippen LogP contribution in [0, 0.1) is 0 Å². The van der Waals surface area contributed by atoms with Crippen LogP contribution in [-0.2, 0) is 11.2 Å². The number of piperidine rings is 1. The van der Waals surface area contributed by atoms with E-state index in [0.717, 1.165) is 35.0 Å². The molecule has 112 valence electrons. The Labute approximate surface area is 132 Å². The Kier molecular flexibility index (Phi) is 4.10. The Morgan fingerprint density at radius 1 is 1.52 bits per heavy atom. The summed E-state index contributed by atoms with van der Waals surface area (Å²) in [6.07, 6.45) is 1.93. The van der Waals surface area contributed by atoms with Crippen LogP contribution in [-0.4, -0.2) is 39.6 Å². The number of carbonyl (C=O) groups is 1. The van der Waals surface area contributed by atoms with Crippen LogP contribution < -0.4 is 0 Å². The van der Waals surface area contributed by atoms with Crippen LogP contribution in [0.3, 0.4) is 0 Å². The number of thiazole rings is 1. The highest BCUT2D eigenvalue weighted by Crippen LogP contribution is 2.28. The zero-order valence-corrected chi connectivity index (χ0v) is 13.5. The molecule has 0 aromatic carbocycles. The van der Waals surface area contributed by atoms with Crippen molar-refractivity contribution in [2.75, 3.05) is 13.1 Å². The Balaban J connectivity index is 1.65. The van der Waals surface area contributed by atoms with Crippen LogP contribution in [0.1, 0.15) is 25.5 Å². The number of aliphatic hydroxyl groups is 1. The van der Waals surface area contributed by atoms with Gasteiger partial charge in [0.05, 0.1) is 22.6 Å². The third kappa shape index (κ3) is 3.51. The van der Waals surface area contributed by atoms with E-state index in [4.69, 9.17) is 0 Å². The van der Waals surface area contributed by atoms with Gasteiger partial charge in [-0.05, 0) is 31.2 Å². The van der Waals surface area contributed by atoms with Gasteiger partial charge in [-0.2, -0.15) is 0 Å². The van der Waals surface area contributed by atoms with E-state index in [1.807, 2.05) is 22.9 Å². The first-order chi connectivity index (χ1) is 10.0. The van der Waals surface area contributed by atoms with Crippen molar-refractivity contribution in [3.63, 3.8) is 0 Å². The third-order valence-corrected chi connectivity index (χ3v) is 5.57. The molecule has 0 radical (unpaired) electrons. The predicted octanol–water partition coefficient (Wildman–Crippen LogP) is 2.79. The average Bonchev–Trinajstić information content (AvgIpc) is 3.07. The molecule has 2 aromatic heterocycles. The Morgan fingerprint density at radius 2 is 2.38 bits per heavy atom. The maximum Gasteiger partial charge on any atom is 0.228 e. The number of β-amino-alcohol motifs (C(OH)–C–C–N with tert-alkyl or cyclic N) is 1. The minimum atomic E-state index is -0.752. The van der Waals surface area contributed by atoms with Crippen molar-refractivity contribution < 1.29 is 9.90 Å². The van der Waals surface area contributed by atoms with E-state index >= 15 is 0 Å². The number of amides is 1. The molecule has 1 atom stereocenters. The molecule has 1 N–H and O–H groups in total. The second kappa shape index (κ2) is 5.87. The Hall–Kier alpha value is -1.24. The summed E-state index contributed by atoms with van der Waals surface area (Å²) in [5, 5.41) is 15.0. The molecule has 1 unspecified atom stereocenters. The summed E-state index contributed by atoms with van der Waals surface area (Å²) in [6, 6.07) is 4.04. The normalized spacial score (nSPS) is 22.5. The fourth-order valence-corrected chi connectivity index (χ4v) is 4.24. The number of likely N-dealkylation sites (tertiary alicyclic amines) is 1. The summed E-state index contributed by atoms with van der Waals surface area (Å²) in [7, 11) is 0. The quantitative estimate of drug-likeness (QED) is 0.945. The molecule has 0 spiro atoms. The molecule has 1 aliphatic heterocycles. The lowest BCUT2D eigenvalue weighted by molar-refractivity contribution is -0.136. The molecule has 6 heteroatoms. The van der Waals surface area contributed by atoms with Crippen LogP contribution in [0.25, 0.3) is 9.88 Å². The lowest BCUT2D eigenvalue weighted by Crippen LogP contribution is -2.49. The highest BCUT2D eigenvalue weighted by atomic mass is 32.1. The summed E-state index contributed by atoms with van der Waals surface area (Å²) in [6.45, 7) is 2.95. The topological polar surface area (TPSA) is 53.4 Å². The molecule has 1 aliphatic rings. The summed E-state index contributed by atoms with van der Waals surface area (Å²) in [4.78, 5) is 19.8. The molecule has 0 saturated carbocycles. The maximum absolute atomic E-state index is 12.3.